The number of amides is 1. The molecule has 1 N–H and O–H groups in total. The second kappa shape index (κ2) is 8.07. The third kappa shape index (κ3) is 3.92. The highest BCUT2D eigenvalue weighted by atomic mass is 16.5. The van der Waals surface area contributed by atoms with E-state index in [2.05, 4.69) is 35.7 Å². The van der Waals surface area contributed by atoms with Crippen molar-refractivity contribution in [3.8, 4) is 11.3 Å². The molecule has 0 saturated carbocycles. The second-order valence-corrected chi connectivity index (χ2v) is 7.14. The molecule has 1 aromatic carbocycles. The Kier molecular flexibility index (Phi) is 4.97. The Hall–Kier alpha value is -3.92. The Morgan fingerprint density at radius 3 is 2.48 bits per heavy atom. The Morgan fingerprint density at radius 2 is 1.74 bits per heavy atom. The largest absolute Gasteiger partial charge is 0.378 e. The van der Waals surface area contributed by atoms with Crippen molar-refractivity contribution in [1.82, 2.24) is 30.0 Å². The fourth-order valence-corrected chi connectivity index (χ4v) is 3.38. The molecule has 10 nitrogen and oxygen atoms in total. The van der Waals surface area contributed by atoms with Crippen molar-refractivity contribution in [3.63, 3.8) is 0 Å². The van der Waals surface area contributed by atoms with Crippen LogP contribution < -0.4 is 10.2 Å². The average Bonchev–Trinajstić information content (AvgIpc) is 3.20. The fourth-order valence-electron chi connectivity index (χ4n) is 3.38. The third-order valence-corrected chi connectivity index (χ3v) is 5.08. The van der Waals surface area contributed by atoms with E-state index in [1.165, 1.54) is 0 Å². The Balaban J connectivity index is 1.27. The molecule has 1 aliphatic rings. The van der Waals surface area contributed by atoms with Gasteiger partial charge in [-0.15, -0.1) is 20.4 Å². The van der Waals surface area contributed by atoms with Gasteiger partial charge >= 0.3 is 0 Å². The Labute approximate surface area is 177 Å². The van der Waals surface area contributed by atoms with Gasteiger partial charge in [0.25, 0.3) is 5.91 Å². The van der Waals surface area contributed by atoms with Crippen LogP contribution in [0.4, 0.5) is 11.5 Å². The van der Waals surface area contributed by atoms with Crippen LogP contribution >= 0.6 is 0 Å². The number of rotatable bonds is 4. The second-order valence-electron chi connectivity index (χ2n) is 7.14. The lowest BCUT2D eigenvalue weighted by molar-refractivity contribution is 0.102. The Morgan fingerprint density at radius 1 is 0.935 bits per heavy atom. The number of ether oxygens (including phenoxy) is 1. The number of fused-ring (bicyclic) bond motifs is 1. The van der Waals surface area contributed by atoms with E-state index < -0.39 is 0 Å². The SMILES string of the molecule is Cc1nnc2ccc(-c3ccc(NC(=O)c4ccc(N5CCOCC5)nn4)cc3)nn12. The maximum atomic E-state index is 12.5. The van der Waals surface area contributed by atoms with Crippen molar-refractivity contribution in [3.05, 3.63) is 60.0 Å². The van der Waals surface area contributed by atoms with Crippen molar-refractivity contribution in [2.45, 2.75) is 6.92 Å². The minimum Gasteiger partial charge on any atom is -0.378 e. The number of benzene rings is 1. The topological polar surface area (TPSA) is 110 Å². The van der Waals surface area contributed by atoms with E-state index in [0.717, 1.165) is 36.0 Å². The van der Waals surface area contributed by atoms with Gasteiger partial charge in [0.15, 0.2) is 23.0 Å². The molecule has 31 heavy (non-hydrogen) atoms. The molecule has 4 aromatic rings. The number of aryl methyl sites for hydroxylation is 1. The van der Waals surface area contributed by atoms with Crippen molar-refractivity contribution in [1.29, 1.82) is 0 Å². The van der Waals surface area contributed by atoms with Crippen LogP contribution in [0.2, 0.25) is 0 Å². The first-order valence-corrected chi connectivity index (χ1v) is 9.95. The molecule has 0 spiro atoms. The molecule has 0 atom stereocenters. The first-order chi connectivity index (χ1) is 15.2. The summed E-state index contributed by atoms with van der Waals surface area (Å²) >= 11 is 0. The molecule has 10 heteroatoms. The number of morpholine rings is 1. The van der Waals surface area contributed by atoms with Crippen LogP contribution in [-0.4, -0.2) is 62.2 Å². The number of hydrogen-bond donors (Lipinski definition) is 1. The van der Waals surface area contributed by atoms with Crippen LogP contribution in [0.5, 0.6) is 0 Å². The summed E-state index contributed by atoms with van der Waals surface area (Å²) in [5.74, 6) is 1.16. The van der Waals surface area contributed by atoms with Crippen molar-refractivity contribution >= 4 is 23.1 Å². The van der Waals surface area contributed by atoms with E-state index in [4.69, 9.17) is 4.74 Å². The molecule has 156 valence electrons. The predicted octanol–water partition coefficient (Wildman–Crippen LogP) is 1.98. The standard InChI is InChI=1S/C21H20N8O2/c1-14-23-26-20-9-6-17(27-29(14)20)15-2-4-16(5-3-15)22-21(30)18-7-8-19(25-24-18)28-10-12-31-13-11-28/h2-9H,10-13H2,1H3,(H,22,30). The molecule has 1 aliphatic heterocycles. The quantitative estimate of drug-likeness (QED) is 0.538. The molecule has 3 aromatic heterocycles. The van der Waals surface area contributed by atoms with Crippen LogP contribution in [0.1, 0.15) is 16.3 Å². The molecule has 0 aliphatic carbocycles. The van der Waals surface area contributed by atoms with E-state index >= 15 is 0 Å². The summed E-state index contributed by atoms with van der Waals surface area (Å²) in [4.78, 5) is 14.6. The number of hydrogen-bond acceptors (Lipinski definition) is 8. The van der Waals surface area contributed by atoms with Gasteiger partial charge < -0.3 is 15.0 Å². The summed E-state index contributed by atoms with van der Waals surface area (Å²) in [5, 5.41) is 23.7. The van der Waals surface area contributed by atoms with Gasteiger partial charge in [-0.25, -0.2) is 0 Å². The number of nitrogens with one attached hydrogen (secondary N) is 1. The van der Waals surface area contributed by atoms with Gasteiger partial charge in [0.05, 0.1) is 18.9 Å². The molecular formula is C21H20N8O2. The number of anilines is 2. The highest BCUT2D eigenvalue weighted by molar-refractivity contribution is 6.02. The van der Waals surface area contributed by atoms with Gasteiger partial charge in [-0.3, -0.25) is 4.79 Å². The summed E-state index contributed by atoms with van der Waals surface area (Å²) in [5.41, 5.74) is 3.33. The van der Waals surface area contributed by atoms with Gasteiger partial charge in [-0.1, -0.05) is 12.1 Å². The number of carbonyl (C=O) groups is 1. The van der Waals surface area contributed by atoms with E-state index in [1.807, 2.05) is 49.4 Å². The molecule has 1 amide bonds. The molecule has 0 unspecified atom stereocenters. The van der Waals surface area contributed by atoms with Crippen LogP contribution in [0, 0.1) is 6.92 Å². The van der Waals surface area contributed by atoms with Gasteiger partial charge in [-0.05, 0) is 43.3 Å². The van der Waals surface area contributed by atoms with Gasteiger partial charge in [0.2, 0.25) is 0 Å². The fraction of sp³-hybridized carbons (Fsp3) is 0.238. The van der Waals surface area contributed by atoms with Crippen molar-refractivity contribution < 1.29 is 9.53 Å². The van der Waals surface area contributed by atoms with Crippen molar-refractivity contribution in [2.75, 3.05) is 36.5 Å². The highest BCUT2D eigenvalue weighted by Crippen LogP contribution is 2.20. The molecular weight excluding hydrogens is 396 g/mol. The van der Waals surface area contributed by atoms with E-state index in [-0.39, 0.29) is 11.6 Å². The number of carbonyl (C=O) groups excluding carboxylic acids is 1. The van der Waals surface area contributed by atoms with Gasteiger partial charge in [0.1, 0.15) is 0 Å². The normalized spacial score (nSPS) is 14.0. The zero-order valence-corrected chi connectivity index (χ0v) is 16.9. The zero-order valence-electron chi connectivity index (χ0n) is 16.9. The smallest absolute Gasteiger partial charge is 0.276 e. The zero-order chi connectivity index (χ0) is 21.2. The molecule has 0 radical (unpaired) electrons. The number of aromatic nitrogens is 6. The lowest BCUT2D eigenvalue weighted by Gasteiger charge is -2.27. The van der Waals surface area contributed by atoms with Crippen LogP contribution in [-0.2, 0) is 4.74 Å². The van der Waals surface area contributed by atoms with Crippen LogP contribution in [0.3, 0.4) is 0 Å². The molecule has 4 heterocycles. The number of nitrogens with zero attached hydrogens (tertiary/aromatic N) is 7. The molecule has 5 rings (SSSR count). The monoisotopic (exact) mass is 416 g/mol. The lowest BCUT2D eigenvalue weighted by Crippen LogP contribution is -2.37. The highest BCUT2D eigenvalue weighted by Gasteiger charge is 2.15. The molecule has 1 saturated heterocycles. The van der Waals surface area contributed by atoms with Crippen LogP contribution in [0.25, 0.3) is 16.9 Å². The summed E-state index contributed by atoms with van der Waals surface area (Å²) in [7, 11) is 0. The lowest BCUT2D eigenvalue weighted by atomic mass is 10.1. The van der Waals surface area contributed by atoms with Crippen molar-refractivity contribution in [2.24, 2.45) is 0 Å². The molecule has 0 bridgehead atoms. The molecule has 1 fully saturated rings. The predicted molar refractivity (Wildman–Crippen MR) is 114 cm³/mol. The average molecular weight is 416 g/mol. The maximum Gasteiger partial charge on any atom is 0.276 e. The first kappa shape index (κ1) is 19.1. The minimum atomic E-state index is -0.312. The van der Waals surface area contributed by atoms with E-state index in [1.54, 1.807) is 10.6 Å². The summed E-state index contributed by atoms with van der Waals surface area (Å²) in [6.45, 7) is 4.73. The van der Waals surface area contributed by atoms with E-state index in [9.17, 15) is 4.79 Å². The van der Waals surface area contributed by atoms with Crippen LogP contribution in [0.15, 0.2) is 48.5 Å². The summed E-state index contributed by atoms with van der Waals surface area (Å²) in [6, 6.07) is 14.7. The Bertz CT molecular complexity index is 1210. The summed E-state index contributed by atoms with van der Waals surface area (Å²) in [6.07, 6.45) is 0. The summed E-state index contributed by atoms with van der Waals surface area (Å²) < 4.78 is 7.04. The van der Waals surface area contributed by atoms with Gasteiger partial charge in [-0.2, -0.15) is 9.61 Å². The van der Waals surface area contributed by atoms with Gasteiger partial charge in [0, 0.05) is 24.3 Å². The maximum absolute atomic E-state index is 12.5. The first-order valence-electron chi connectivity index (χ1n) is 9.95. The third-order valence-electron chi connectivity index (χ3n) is 5.08. The minimum absolute atomic E-state index is 0.260. The van der Waals surface area contributed by atoms with E-state index in [0.29, 0.717) is 24.5 Å².